The summed E-state index contributed by atoms with van der Waals surface area (Å²) in [6.45, 7) is 1.35. The molecule has 1 aromatic heterocycles. The first-order valence-corrected chi connectivity index (χ1v) is 20.9. The molecule has 58 heavy (non-hydrogen) atoms. The zero-order chi connectivity index (χ0) is 40.8. The number of hydrogen-bond donors (Lipinski definition) is 1. The summed E-state index contributed by atoms with van der Waals surface area (Å²) in [4.78, 5) is 14.4. The number of methoxy groups -OCH3 is 3. The fourth-order valence-corrected chi connectivity index (χ4v) is 9.75. The highest BCUT2D eigenvalue weighted by molar-refractivity contribution is 9.10. The van der Waals surface area contributed by atoms with Crippen molar-refractivity contribution in [2.75, 3.05) is 34.4 Å². The van der Waals surface area contributed by atoms with Crippen molar-refractivity contribution in [3.63, 3.8) is 0 Å². The van der Waals surface area contributed by atoms with Gasteiger partial charge in [0.1, 0.15) is 22.1 Å². The third kappa shape index (κ3) is 9.01. The Morgan fingerprint density at radius 3 is 1.78 bits per heavy atom. The second kappa shape index (κ2) is 17.8. The topological polar surface area (TPSA) is 149 Å². The third-order valence-corrected chi connectivity index (χ3v) is 13.2. The van der Waals surface area contributed by atoms with Crippen LogP contribution in [0.3, 0.4) is 0 Å². The van der Waals surface area contributed by atoms with Crippen molar-refractivity contribution in [3.05, 3.63) is 136 Å². The summed E-state index contributed by atoms with van der Waals surface area (Å²) in [5, 5.41) is 23.1. The number of halogens is 1. The van der Waals surface area contributed by atoms with Crippen LogP contribution in [0.1, 0.15) is 41.0 Å². The maximum absolute atomic E-state index is 15.4. The van der Waals surface area contributed by atoms with Crippen LogP contribution in [0.25, 0.3) is 22.5 Å². The van der Waals surface area contributed by atoms with Crippen LogP contribution in [0.2, 0.25) is 0 Å². The molecule has 15 heteroatoms. The van der Waals surface area contributed by atoms with E-state index in [1.807, 2.05) is 78.9 Å². The number of carbonyl (C=O) groups is 1. The van der Waals surface area contributed by atoms with Crippen molar-refractivity contribution < 1.29 is 32.5 Å². The van der Waals surface area contributed by atoms with Gasteiger partial charge in [0.05, 0.1) is 33.4 Å². The normalized spacial score (nSPS) is 13.4. The predicted molar refractivity (Wildman–Crippen MR) is 222 cm³/mol. The Kier molecular flexibility index (Phi) is 12.4. The van der Waals surface area contributed by atoms with E-state index in [1.54, 1.807) is 51.7 Å². The van der Waals surface area contributed by atoms with Crippen LogP contribution in [0.5, 0.6) is 17.2 Å². The van der Waals surface area contributed by atoms with E-state index in [-0.39, 0.29) is 29.7 Å². The van der Waals surface area contributed by atoms with Crippen LogP contribution < -0.4 is 14.2 Å². The summed E-state index contributed by atoms with van der Waals surface area (Å²) in [7, 11) is 0.451. The van der Waals surface area contributed by atoms with Crippen LogP contribution in [0, 0.1) is 0 Å². The van der Waals surface area contributed by atoms with Crippen molar-refractivity contribution in [3.8, 4) is 39.8 Å². The fraction of sp³-hybridized carbons (Fsp3) is 0.256. The van der Waals surface area contributed by atoms with Gasteiger partial charge in [-0.2, -0.15) is 9.10 Å². The van der Waals surface area contributed by atoms with E-state index in [0.717, 1.165) is 46.4 Å². The van der Waals surface area contributed by atoms with Gasteiger partial charge in [0.15, 0.2) is 0 Å². The monoisotopic (exact) mass is 866 g/mol. The average Bonchev–Trinajstić information content (AvgIpc) is 3.72. The van der Waals surface area contributed by atoms with E-state index in [4.69, 9.17) is 19.3 Å². The molecule has 1 N–H and O–H groups in total. The highest BCUT2D eigenvalue weighted by Gasteiger charge is 2.34. The van der Waals surface area contributed by atoms with Crippen molar-refractivity contribution in [2.45, 2.75) is 43.3 Å². The Hall–Kier alpha value is -5.77. The fourth-order valence-electron chi connectivity index (χ4n) is 7.14. The number of nitrogens with zero attached hydrogens (tertiary/aromatic N) is 6. The van der Waals surface area contributed by atoms with Gasteiger partial charge in [-0.05, 0) is 116 Å². The Morgan fingerprint density at radius 1 is 0.759 bits per heavy atom. The Morgan fingerprint density at radius 2 is 1.28 bits per heavy atom. The first-order valence-electron chi connectivity index (χ1n) is 18.6. The molecule has 1 aliphatic heterocycles. The molecule has 13 nitrogen and oxygen atoms in total. The van der Waals surface area contributed by atoms with Crippen molar-refractivity contribution >= 4 is 32.0 Å². The quantitative estimate of drug-likeness (QED) is 0.114. The molecule has 1 fully saturated rings. The first-order chi connectivity index (χ1) is 28.1. The lowest BCUT2D eigenvalue weighted by Crippen LogP contribution is -2.36. The number of ether oxygens (including phenoxy) is 3. The van der Waals surface area contributed by atoms with Gasteiger partial charge in [-0.3, -0.25) is 0 Å². The van der Waals surface area contributed by atoms with Crippen LogP contribution in [0.4, 0.5) is 4.79 Å². The van der Waals surface area contributed by atoms with E-state index >= 15 is 8.42 Å². The number of hydrogen-bond acceptors (Lipinski definition) is 9. The first kappa shape index (κ1) is 40.4. The van der Waals surface area contributed by atoms with Crippen LogP contribution >= 0.6 is 15.9 Å². The molecule has 1 aliphatic rings. The van der Waals surface area contributed by atoms with E-state index in [9.17, 15) is 9.90 Å². The average molecular weight is 868 g/mol. The Balaban J connectivity index is 1.33. The lowest BCUT2D eigenvalue weighted by Gasteiger charge is -2.30. The molecule has 0 bridgehead atoms. The highest BCUT2D eigenvalue weighted by atomic mass is 79.9. The molecule has 0 atom stereocenters. The van der Waals surface area contributed by atoms with Gasteiger partial charge in [-0.15, -0.1) is 10.2 Å². The summed E-state index contributed by atoms with van der Waals surface area (Å²) in [6.07, 6.45) is 0.539. The maximum Gasteiger partial charge on any atom is 0.407 e. The third-order valence-electron chi connectivity index (χ3n) is 10.4. The van der Waals surface area contributed by atoms with Gasteiger partial charge in [-0.25, -0.2) is 13.2 Å². The SMILES string of the molecule is COc1ccc(CN(Cc2ccc(OC)cc2)S(=O)(=O)c2c(Br)ccc(-c3ccc(C4CCN(C(=O)O)CC4)cc3)c2-c2nnn(Cc3ccc(OC)cc3)n2)cc1. The number of likely N-dealkylation sites (tertiary alicyclic amines) is 1. The molecule has 0 radical (unpaired) electrons. The van der Waals surface area contributed by atoms with Crippen LogP contribution in [0.15, 0.2) is 119 Å². The standard InChI is InChI=1S/C43H43BrN6O7S/c1-55-35-14-4-29(5-15-35)26-49(27-30-6-16-36(56-2)17-7-30)58(53,54)41-39(44)21-20-38(34-12-10-32(11-13-34)33-22-24-48(25-23-33)43(51)52)40(41)42-45-47-50(46-42)28-31-8-18-37(57-3)19-9-31/h4-21,33H,22-28H2,1-3H3,(H,51,52). The summed E-state index contributed by atoms with van der Waals surface area (Å²) >= 11 is 3.64. The van der Waals surface area contributed by atoms with Crippen LogP contribution in [-0.2, 0) is 29.7 Å². The second-order valence-electron chi connectivity index (χ2n) is 13.9. The summed E-state index contributed by atoms with van der Waals surface area (Å²) in [6, 6.07) is 33.7. The van der Waals surface area contributed by atoms with E-state index in [1.165, 1.54) is 14.0 Å². The van der Waals surface area contributed by atoms with Crippen molar-refractivity contribution in [1.29, 1.82) is 0 Å². The number of aromatic nitrogens is 4. The molecule has 300 valence electrons. The molecule has 1 amide bonds. The molecule has 5 aromatic carbocycles. The zero-order valence-electron chi connectivity index (χ0n) is 32.3. The smallest absolute Gasteiger partial charge is 0.407 e. The molecule has 7 rings (SSSR count). The van der Waals surface area contributed by atoms with Gasteiger partial charge in [0.2, 0.25) is 15.8 Å². The molecule has 0 aliphatic carbocycles. The number of amides is 1. The number of rotatable bonds is 14. The summed E-state index contributed by atoms with van der Waals surface area (Å²) in [5.74, 6) is 2.38. The number of benzene rings is 5. The Bertz CT molecular complexity index is 2400. The van der Waals surface area contributed by atoms with Crippen molar-refractivity contribution in [2.24, 2.45) is 0 Å². The highest BCUT2D eigenvalue weighted by Crippen LogP contribution is 2.42. The molecule has 2 heterocycles. The van der Waals surface area contributed by atoms with E-state index in [2.05, 4.69) is 26.2 Å². The molecular weight excluding hydrogens is 824 g/mol. The molecule has 1 saturated heterocycles. The molecule has 0 saturated carbocycles. The molecular formula is C43H43BrN6O7S. The zero-order valence-corrected chi connectivity index (χ0v) is 34.7. The van der Waals surface area contributed by atoms with Gasteiger partial charge >= 0.3 is 6.09 Å². The van der Waals surface area contributed by atoms with E-state index < -0.39 is 16.1 Å². The second-order valence-corrected chi connectivity index (χ2v) is 16.7. The number of tetrazole rings is 1. The van der Waals surface area contributed by atoms with Gasteiger partial charge < -0.3 is 24.2 Å². The van der Waals surface area contributed by atoms with Crippen LogP contribution in [-0.4, -0.2) is 83.4 Å². The van der Waals surface area contributed by atoms with E-state index in [0.29, 0.717) is 46.7 Å². The minimum absolute atomic E-state index is 0.00106. The number of carboxylic acid groups (broad SMARTS) is 1. The molecule has 6 aromatic rings. The largest absolute Gasteiger partial charge is 0.497 e. The number of sulfonamides is 1. The van der Waals surface area contributed by atoms with Gasteiger partial charge in [0, 0.05) is 30.7 Å². The molecule has 0 spiro atoms. The number of piperidine rings is 1. The Labute approximate surface area is 346 Å². The summed E-state index contributed by atoms with van der Waals surface area (Å²) < 4.78 is 48.6. The van der Waals surface area contributed by atoms with Crippen molar-refractivity contribution in [1.82, 2.24) is 29.4 Å². The maximum atomic E-state index is 15.4. The molecule has 0 unspecified atom stereocenters. The minimum atomic E-state index is -4.32. The minimum Gasteiger partial charge on any atom is -0.497 e. The van der Waals surface area contributed by atoms with Gasteiger partial charge in [0.25, 0.3) is 0 Å². The lowest BCUT2D eigenvalue weighted by molar-refractivity contribution is 0.132. The summed E-state index contributed by atoms with van der Waals surface area (Å²) in [5.41, 5.74) is 5.18. The van der Waals surface area contributed by atoms with Gasteiger partial charge in [-0.1, -0.05) is 66.7 Å². The lowest BCUT2D eigenvalue weighted by atomic mass is 9.88. The predicted octanol–water partition coefficient (Wildman–Crippen LogP) is 8.09.